The zero-order valence-electron chi connectivity index (χ0n) is 16.0. The molecule has 0 amide bonds. The van der Waals surface area contributed by atoms with Crippen molar-refractivity contribution in [3.05, 3.63) is 85.2 Å². The summed E-state index contributed by atoms with van der Waals surface area (Å²) < 4.78 is 5.27. The first-order valence-corrected chi connectivity index (χ1v) is 10.5. The average Bonchev–Trinajstić information content (AvgIpc) is 3.31. The maximum absolute atomic E-state index is 11.1. The molecule has 0 aliphatic carbocycles. The van der Waals surface area contributed by atoms with Gasteiger partial charge in [0.2, 0.25) is 0 Å². The van der Waals surface area contributed by atoms with Gasteiger partial charge < -0.3 is 0 Å². The summed E-state index contributed by atoms with van der Waals surface area (Å²) in [6.07, 6.45) is 2.12. The molecule has 0 unspecified atom stereocenters. The van der Waals surface area contributed by atoms with E-state index in [4.69, 9.17) is 16.6 Å². The molecule has 0 saturated heterocycles. The van der Waals surface area contributed by atoms with Gasteiger partial charge in [-0.05, 0) is 42.2 Å². The standard InChI is InChI=1S/C21H19ClN4O2S/c1-3-15-12(2)23-20(17-8-9-18(22)29-17)24-16(15)10-13-4-6-14(7-5-13)11-19-25-21(27)28-26-19/h4-9H,3,10-11H2,1-2H3,(H,25,26,27). The van der Waals surface area contributed by atoms with Gasteiger partial charge in [-0.1, -0.05) is 47.9 Å². The molecule has 8 heteroatoms. The van der Waals surface area contributed by atoms with Crippen LogP contribution in [0.2, 0.25) is 4.34 Å². The SMILES string of the molecule is CCc1c(C)nc(-c2ccc(Cl)s2)nc1Cc1ccc(Cc2noc(=O)[nH]2)cc1. The Kier molecular flexibility index (Phi) is 5.60. The van der Waals surface area contributed by atoms with Crippen molar-refractivity contribution in [1.29, 1.82) is 0 Å². The number of nitrogens with zero attached hydrogens (tertiary/aromatic N) is 3. The zero-order chi connectivity index (χ0) is 20.4. The summed E-state index contributed by atoms with van der Waals surface area (Å²) in [4.78, 5) is 24.1. The van der Waals surface area contributed by atoms with Crippen molar-refractivity contribution in [3.63, 3.8) is 0 Å². The van der Waals surface area contributed by atoms with Crippen LogP contribution in [0, 0.1) is 6.92 Å². The van der Waals surface area contributed by atoms with E-state index in [1.54, 1.807) is 0 Å². The van der Waals surface area contributed by atoms with E-state index >= 15 is 0 Å². The molecule has 0 bridgehead atoms. The van der Waals surface area contributed by atoms with E-state index in [9.17, 15) is 4.79 Å². The number of aryl methyl sites for hydroxylation is 1. The summed E-state index contributed by atoms with van der Waals surface area (Å²) in [6, 6.07) is 12.0. The van der Waals surface area contributed by atoms with Gasteiger partial charge in [0.25, 0.3) is 0 Å². The molecule has 4 aromatic rings. The molecule has 148 valence electrons. The highest BCUT2D eigenvalue weighted by Crippen LogP contribution is 2.30. The lowest BCUT2D eigenvalue weighted by atomic mass is 10.0. The highest BCUT2D eigenvalue weighted by molar-refractivity contribution is 7.19. The van der Waals surface area contributed by atoms with Crippen molar-refractivity contribution in [3.8, 4) is 10.7 Å². The van der Waals surface area contributed by atoms with Crippen LogP contribution in [0.5, 0.6) is 0 Å². The Hall–Kier alpha value is -2.77. The average molecular weight is 427 g/mol. The Morgan fingerprint density at radius 1 is 1.07 bits per heavy atom. The number of aromatic amines is 1. The minimum absolute atomic E-state index is 0.515. The lowest BCUT2D eigenvalue weighted by Gasteiger charge is -2.12. The van der Waals surface area contributed by atoms with E-state index in [-0.39, 0.29) is 0 Å². The monoisotopic (exact) mass is 426 g/mol. The molecule has 6 nitrogen and oxygen atoms in total. The third-order valence-corrected chi connectivity index (χ3v) is 5.93. The van der Waals surface area contributed by atoms with Crippen LogP contribution in [0.3, 0.4) is 0 Å². The summed E-state index contributed by atoms with van der Waals surface area (Å²) in [5.41, 5.74) is 5.42. The highest BCUT2D eigenvalue weighted by atomic mass is 35.5. The molecule has 0 atom stereocenters. The molecule has 0 radical (unpaired) electrons. The Balaban J connectivity index is 1.59. The second kappa shape index (κ2) is 8.31. The summed E-state index contributed by atoms with van der Waals surface area (Å²) in [5.74, 6) is 0.700. The molecule has 0 saturated carbocycles. The first-order chi connectivity index (χ1) is 14.0. The van der Waals surface area contributed by atoms with Crippen molar-refractivity contribution in [2.45, 2.75) is 33.1 Å². The van der Waals surface area contributed by atoms with E-state index in [0.29, 0.717) is 12.2 Å². The number of benzene rings is 1. The first-order valence-electron chi connectivity index (χ1n) is 9.26. The van der Waals surface area contributed by atoms with Gasteiger partial charge in [-0.2, -0.15) is 0 Å². The summed E-state index contributed by atoms with van der Waals surface area (Å²) in [6.45, 7) is 4.16. The van der Waals surface area contributed by atoms with Gasteiger partial charge >= 0.3 is 5.76 Å². The lowest BCUT2D eigenvalue weighted by molar-refractivity contribution is 0.382. The van der Waals surface area contributed by atoms with E-state index in [1.807, 2.05) is 31.2 Å². The molecule has 3 heterocycles. The number of aromatic nitrogens is 4. The topological polar surface area (TPSA) is 84.7 Å². The third kappa shape index (κ3) is 4.46. The van der Waals surface area contributed by atoms with Crippen LogP contribution < -0.4 is 5.76 Å². The highest BCUT2D eigenvalue weighted by Gasteiger charge is 2.14. The van der Waals surface area contributed by atoms with Gasteiger partial charge in [-0.25, -0.2) is 14.8 Å². The van der Waals surface area contributed by atoms with Crippen LogP contribution in [0.1, 0.15) is 40.8 Å². The van der Waals surface area contributed by atoms with E-state index in [1.165, 1.54) is 16.9 Å². The summed E-state index contributed by atoms with van der Waals surface area (Å²) in [5, 5.41) is 3.71. The van der Waals surface area contributed by atoms with E-state index < -0.39 is 5.76 Å². The number of thiophene rings is 1. The number of H-pyrrole nitrogens is 1. The van der Waals surface area contributed by atoms with Crippen LogP contribution in [-0.4, -0.2) is 20.1 Å². The molecule has 29 heavy (non-hydrogen) atoms. The second-order valence-electron chi connectivity index (χ2n) is 6.73. The number of rotatable bonds is 6. The van der Waals surface area contributed by atoms with Crippen molar-refractivity contribution in [2.75, 3.05) is 0 Å². The van der Waals surface area contributed by atoms with Crippen molar-refractivity contribution < 1.29 is 4.52 Å². The lowest BCUT2D eigenvalue weighted by Crippen LogP contribution is -2.06. The smallest absolute Gasteiger partial charge is 0.296 e. The summed E-state index contributed by atoms with van der Waals surface area (Å²) >= 11 is 7.57. The molecular weight excluding hydrogens is 408 g/mol. The van der Waals surface area contributed by atoms with Gasteiger partial charge in [0.1, 0.15) is 0 Å². The maximum Gasteiger partial charge on any atom is 0.438 e. The van der Waals surface area contributed by atoms with Crippen LogP contribution in [0.15, 0.2) is 45.7 Å². The Labute approximate surface area is 176 Å². The quantitative estimate of drug-likeness (QED) is 0.487. The van der Waals surface area contributed by atoms with Crippen molar-refractivity contribution >= 4 is 22.9 Å². The van der Waals surface area contributed by atoms with E-state index in [0.717, 1.165) is 50.4 Å². The van der Waals surface area contributed by atoms with Gasteiger partial charge in [-0.3, -0.25) is 9.51 Å². The van der Waals surface area contributed by atoms with Gasteiger partial charge in [0.15, 0.2) is 11.6 Å². The molecule has 0 aliphatic heterocycles. The van der Waals surface area contributed by atoms with Crippen LogP contribution in [-0.2, 0) is 19.3 Å². The molecule has 4 rings (SSSR count). The van der Waals surface area contributed by atoms with Crippen LogP contribution >= 0.6 is 22.9 Å². The molecule has 0 spiro atoms. The fourth-order valence-electron chi connectivity index (χ4n) is 3.30. The van der Waals surface area contributed by atoms with Gasteiger partial charge in [0.05, 0.1) is 14.9 Å². The maximum atomic E-state index is 11.1. The molecule has 0 aliphatic rings. The Bertz CT molecular complexity index is 1190. The number of halogens is 1. The summed E-state index contributed by atoms with van der Waals surface area (Å²) in [7, 11) is 0. The van der Waals surface area contributed by atoms with Gasteiger partial charge in [0, 0.05) is 18.5 Å². The van der Waals surface area contributed by atoms with Gasteiger partial charge in [-0.15, -0.1) is 11.3 Å². The third-order valence-electron chi connectivity index (χ3n) is 4.70. The predicted molar refractivity (Wildman–Crippen MR) is 114 cm³/mol. The van der Waals surface area contributed by atoms with E-state index in [2.05, 4.69) is 38.7 Å². The molecule has 1 N–H and O–H groups in total. The largest absolute Gasteiger partial charge is 0.438 e. The number of hydrogen-bond donors (Lipinski definition) is 1. The molecule has 0 fully saturated rings. The Morgan fingerprint density at radius 3 is 2.38 bits per heavy atom. The molecular formula is C21H19ClN4O2S. The minimum atomic E-state index is -0.536. The first kappa shape index (κ1) is 19.5. The van der Waals surface area contributed by atoms with Crippen LogP contribution in [0.4, 0.5) is 0 Å². The fraction of sp³-hybridized carbons (Fsp3) is 0.238. The predicted octanol–water partition coefficient (Wildman–Crippen LogP) is 4.59. The normalized spacial score (nSPS) is 11.1. The second-order valence-corrected chi connectivity index (χ2v) is 8.44. The fourth-order valence-corrected chi connectivity index (χ4v) is 4.28. The van der Waals surface area contributed by atoms with Crippen molar-refractivity contribution in [2.24, 2.45) is 0 Å². The number of nitrogens with one attached hydrogen (secondary N) is 1. The zero-order valence-corrected chi connectivity index (χ0v) is 17.6. The molecule has 3 aromatic heterocycles. The molecule has 1 aromatic carbocycles. The van der Waals surface area contributed by atoms with Crippen LogP contribution in [0.25, 0.3) is 10.7 Å². The number of hydrogen-bond acceptors (Lipinski definition) is 6. The Morgan fingerprint density at radius 2 is 1.79 bits per heavy atom. The minimum Gasteiger partial charge on any atom is -0.296 e. The van der Waals surface area contributed by atoms with Crippen molar-refractivity contribution in [1.82, 2.24) is 20.1 Å².